The Morgan fingerprint density at radius 2 is 0.950 bits per heavy atom. The average Bonchev–Trinajstić information content (AvgIpc) is 2.92. The average molecular weight is 597 g/mol. The van der Waals surface area contributed by atoms with E-state index in [-0.39, 0.29) is 0 Å². The van der Waals surface area contributed by atoms with Crippen LogP contribution in [0.15, 0.2) is 58.3 Å². The summed E-state index contributed by atoms with van der Waals surface area (Å²) in [7, 11) is -10.8. The van der Waals surface area contributed by atoms with Crippen LogP contribution in [0.2, 0.25) is 0 Å². The van der Waals surface area contributed by atoms with Crippen molar-refractivity contribution >= 4 is 41.5 Å². The van der Waals surface area contributed by atoms with Crippen molar-refractivity contribution in [2.45, 2.75) is 62.4 Å². The number of carbonyl (C=O) groups is 4. The van der Waals surface area contributed by atoms with Gasteiger partial charge in [-0.05, 0) is 36.1 Å². The van der Waals surface area contributed by atoms with Crippen molar-refractivity contribution < 1.29 is 46.2 Å². The number of aliphatic carboxylic acids is 2. The second kappa shape index (κ2) is 13.0. The summed E-state index contributed by atoms with van der Waals surface area (Å²) in [4.78, 5) is 47.5. The first-order chi connectivity index (χ1) is 18.6. The second-order valence-electron chi connectivity index (χ2n) is 9.25. The highest BCUT2D eigenvalue weighted by atomic mass is 33.2. The molecule has 12 nitrogen and oxygen atoms in total. The molecular weight excluding hydrogens is 564 g/mol. The number of rotatable bonds is 13. The Hall–Kier alpha value is -3.78. The van der Waals surface area contributed by atoms with Gasteiger partial charge in [0.2, 0.25) is 0 Å². The minimum Gasteiger partial charge on any atom is -0.480 e. The van der Waals surface area contributed by atoms with Crippen LogP contribution in [0.3, 0.4) is 0 Å². The fourth-order valence-electron chi connectivity index (χ4n) is 3.79. The molecule has 218 valence electrons. The lowest BCUT2D eigenvalue weighted by molar-refractivity contribution is -0.141. The molecule has 0 saturated carbocycles. The second-order valence-corrected chi connectivity index (χ2v) is 14.6. The van der Waals surface area contributed by atoms with Crippen molar-refractivity contribution in [1.29, 1.82) is 0 Å². The maximum absolute atomic E-state index is 13.5. The van der Waals surface area contributed by atoms with Gasteiger partial charge >= 0.3 is 11.9 Å². The molecule has 4 N–H and O–H groups in total. The van der Waals surface area contributed by atoms with E-state index in [1.54, 1.807) is 27.7 Å². The Labute approximate surface area is 232 Å². The van der Waals surface area contributed by atoms with Gasteiger partial charge in [-0.25, -0.2) is 26.4 Å². The Bertz CT molecular complexity index is 1390. The van der Waals surface area contributed by atoms with Crippen LogP contribution in [0.1, 0.15) is 61.3 Å². The molecule has 0 saturated heterocycles. The van der Waals surface area contributed by atoms with Gasteiger partial charge in [-0.15, -0.1) is 0 Å². The number of carboxylic acids is 2. The number of carbonyl (C=O) groups excluding carboxylic acids is 2. The van der Waals surface area contributed by atoms with Gasteiger partial charge in [0.25, 0.3) is 29.6 Å². The van der Waals surface area contributed by atoms with Crippen LogP contribution >= 0.6 is 0 Å². The fourth-order valence-corrected chi connectivity index (χ4v) is 7.90. The number of hydrogen-bond donors (Lipinski definition) is 4. The summed E-state index contributed by atoms with van der Waals surface area (Å²) < 4.78 is 54.2. The van der Waals surface area contributed by atoms with Gasteiger partial charge in [0.15, 0.2) is 0 Å². The number of carboxylic acid groups (broad SMARTS) is 2. The molecular formula is C26H32N2O10S2. The summed E-state index contributed by atoms with van der Waals surface area (Å²) in [6.07, 6.45) is 0.758. The lowest BCUT2D eigenvalue weighted by atomic mass is 9.99. The van der Waals surface area contributed by atoms with E-state index in [4.69, 9.17) is 0 Å². The highest BCUT2D eigenvalue weighted by Gasteiger charge is 2.40. The van der Waals surface area contributed by atoms with E-state index in [9.17, 15) is 46.2 Å². The zero-order valence-electron chi connectivity index (χ0n) is 22.3. The van der Waals surface area contributed by atoms with Crippen molar-refractivity contribution in [3.05, 3.63) is 59.7 Å². The monoisotopic (exact) mass is 596 g/mol. The molecule has 2 rings (SSSR count). The van der Waals surface area contributed by atoms with E-state index < -0.39 is 86.3 Å². The van der Waals surface area contributed by atoms with Gasteiger partial charge in [0.1, 0.15) is 12.1 Å². The van der Waals surface area contributed by atoms with E-state index >= 15 is 0 Å². The number of nitrogens with one attached hydrogen (secondary N) is 2. The third kappa shape index (κ3) is 6.67. The van der Waals surface area contributed by atoms with E-state index in [1.807, 2.05) is 0 Å². The molecule has 0 radical (unpaired) electrons. The topological polar surface area (TPSA) is 201 Å². The van der Waals surface area contributed by atoms with Crippen LogP contribution in [-0.2, 0) is 27.3 Å². The molecule has 2 amide bonds. The Balaban J connectivity index is 2.60. The molecule has 4 unspecified atom stereocenters. The van der Waals surface area contributed by atoms with Gasteiger partial charge < -0.3 is 20.8 Å². The summed E-state index contributed by atoms with van der Waals surface area (Å²) in [5, 5.41) is 23.5. The number of benzene rings is 2. The molecule has 0 spiro atoms. The summed E-state index contributed by atoms with van der Waals surface area (Å²) in [6.45, 7) is 6.55. The molecule has 4 atom stereocenters. The van der Waals surface area contributed by atoms with Gasteiger partial charge in [0, 0.05) is 0 Å². The minimum atomic E-state index is -5.40. The van der Waals surface area contributed by atoms with E-state index in [2.05, 4.69) is 10.6 Å². The fraction of sp³-hybridized carbons (Fsp3) is 0.385. The maximum atomic E-state index is 13.5. The molecule has 0 bridgehead atoms. The quantitative estimate of drug-likeness (QED) is 0.249. The summed E-state index contributed by atoms with van der Waals surface area (Å²) in [5.41, 5.74) is -1.21. The van der Waals surface area contributed by atoms with Crippen molar-refractivity contribution in [2.75, 3.05) is 0 Å². The first kappa shape index (κ1) is 32.4. The van der Waals surface area contributed by atoms with Crippen molar-refractivity contribution in [2.24, 2.45) is 11.8 Å². The standard InChI is InChI=1S/C26H32N2O10S2/c1-5-15(3)21(25(31)32)27-23(29)17-11-7-9-13-19(17)39(35,36)40(37,38)20-14-10-8-12-18(20)24(30)28-22(26(33)34)16(4)6-2/h7-16,21-22H,5-6H2,1-4H3,(H,27,29)(H,28,30)(H,31,32)(H,33,34). The van der Waals surface area contributed by atoms with E-state index in [0.717, 1.165) is 24.3 Å². The molecule has 0 aliphatic rings. The molecule has 0 aromatic heterocycles. The van der Waals surface area contributed by atoms with Crippen LogP contribution < -0.4 is 10.6 Å². The molecule has 2 aromatic carbocycles. The van der Waals surface area contributed by atoms with Crippen LogP contribution in [-0.4, -0.2) is 62.9 Å². The van der Waals surface area contributed by atoms with Gasteiger partial charge in [0.05, 0.1) is 20.9 Å². The van der Waals surface area contributed by atoms with Gasteiger partial charge in [-0.1, -0.05) is 64.8 Å². The maximum Gasteiger partial charge on any atom is 0.326 e. The molecule has 0 fully saturated rings. The zero-order valence-corrected chi connectivity index (χ0v) is 24.0. The van der Waals surface area contributed by atoms with Crippen LogP contribution in [0.4, 0.5) is 0 Å². The molecule has 0 aliphatic heterocycles. The van der Waals surface area contributed by atoms with Crippen LogP contribution in [0.25, 0.3) is 0 Å². The Morgan fingerprint density at radius 1 is 0.650 bits per heavy atom. The highest BCUT2D eigenvalue weighted by molar-refractivity contribution is 8.67. The molecule has 0 heterocycles. The summed E-state index contributed by atoms with van der Waals surface area (Å²) in [5.74, 6) is -5.99. The van der Waals surface area contributed by atoms with Crippen molar-refractivity contribution in [1.82, 2.24) is 10.6 Å². The van der Waals surface area contributed by atoms with E-state index in [0.29, 0.717) is 12.8 Å². The Kier molecular flexibility index (Phi) is 10.6. The minimum absolute atomic E-state index is 0.379. The molecule has 2 aromatic rings. The lowest BCUT2D eigenvalue weighted by Gasteiger charge is -2.21. The smallest absolute Gasteiger partial charge is 0.326 e. The van der Waals surface area contributed by atoms with Crippen LogP contribution in [0.5, 0.6) is 0 Å². The van der Waals surface area contributed by atoms with Crippen molar-refractivity contribution in [3.8, 4) is 0 Å². The lowest BCUT2D eigenvalue weighted by Crippen LogP contribution is -2.45. The summed E-state index contributed by atoms with van der Waals surface area (Å²) >= 11 is 0. The highest BCUT2D eigenvalue weighted by Crippen LogP contribution is 2.30. The summed E-state index contributed by atoms with van der Waals surface area (Å²) in [6, 6.07) is 6.02. The first-order valence-corrected chi connectivity index (χ1v) is 15.8. The van der Waals surface area contributed by atoms with Crippen LogP contribution in [0, 0.1) is 11.8 Å². The number of hydrogen-bond acceptors (Lipinski definition) is 8. The molecule has 0 aliphatic carbocycles. The first-order valence-electron chi connectivity index (χ1n) is 12.4. The number of amides is 2. The molecule has 40 heavy (non-hydrogen) atoms. The molecule has 14 heteroatoms. The SMILES string of the molecule is CCC(C)C(NC(=O)c1ccccc1S(=O)(=O)S(=O)(=O)c1ccccc1C(=O)NC(C(=O)O)C(C)CC)C(=O)O. The predicted octanol–water partition coefficient (Wildman–Crippen LogP) is 2.31. The van der Waals surface area contributed by atoms with Gasteiger partial charge in [-0.2, -0.15) is 0 Å². The van der Waals surface area contributed by atoms with Crippen molar-refractivity contribution in [3.63, 3.8) is 0 Å². The largest absolute Gasteiger partial charge is 0.480 e. The third-order valence-electron chi connectivity index (χ3n) is 6.62. The zero-order chi connectivity index (χ0) is 30.4. The predicted molar refractivity (Wildman–Crippen MR) is 144 cm³/mol. The van der Waals surface area contributed by atoms with E-state index in [1.165, 1.54) is 24.3 Å². The third-order valence-corrected chi connectivity index (χ3v) is 11.8. The Morgan fingerprint density at radius 3 is 1.23 bits per heavy atom. The normalized spacial score (nSPS) is 14.8. The van der Waals surface area contributed by atoms with Gasteiger partial charge in [-0.3, -0.25) is 9.59 Å².